The first-order valence-electron chi connectivity index (χ1n) is 5.46. The van der Waals surface area contributed by atoms with Crippen molar-refractivity contribution in [2.24, 2.45) is 0 Å². The fraction of sp³-hybridized carbons (Fsp3) is 1.00. The molecule has 4 N–H and O–H groups in total. The number of aliphatic hydroxyl groups excluding tert-OH is 2. The van der Waals surface area contributed by atoms with Crippen LogP contribution >= 0.6 is 0 Å². The maximum Gasteiger partial charge on any atom is 0.0897 e. The lowest BCUT2D eigenvalue weighted by Gasteiger charge is -2.12. The summed E-state index contributed by atoms with van der Waals surface area (Å²) in [4.78, 5) is 0. The van der Waals surface area contributed by atoms with Gasteiger partial charge in [0.2, 0.25) is 0 Å². The smallest absolute Gasteiger partial charge is 0.0897 e. The van der Waals surface area contributed by atoms with Gasteiger partial charge in [0.05, 0.1) is 25.4 Å². The van der Waals surface area contributed by atoms with E-state index in [0.717, 1.165) is 13.1 Å². The fourth-order valence-electron chi connectivity index (χ4n) is 1.22. The molecule has 0 bridgehead atoms. The Morgan fingerprint density at radius 1 is 0.875 bits per heavy atom. The van der Waals surface area contributed by atoms with Crippen LogP contribution in [-0.2, 0) is 9.47 Å². The highest BCUT2D eigenvalue weighted by atomic mass is 16.5. The molecule has 6 heteroatoms. The monoisotopic (exact) mass is 236 g/mol. The Morgan fingerprint density at radius 2 is 1.25 bits per heavy atom. The van der Waals surface area contributed by atoms with Crippen LogP contribution in [0.4, 0.5) is 0 Å². The molecular formula is C10H24N2O4. The van der Waals surface area contributed by atoms with Gasteiger partial charge in [0.25, 0.3) is 0 Å². The quantitative estimate of drug-likeness (QED) is 0.316. The van der Waals surface area contributed by atoms with Crippen molar-refractivity contribution in [2.45, 2.75) is 12.2 Å². The third-order valence-electron chi connectivity index (χ3n) is 1.96. The molecule has 0 aliphatic carbocycles. The second-order valence-corrected chi connectivity index (χ2v) is 3.63. The standard InChI is InChI=1S/C10H24N2O4/c1-15-7-9(13)5-11-3-4-12-6-10(14)8-16-2/h9-14H,3-8H2,1-2H3. The molecule has 16 heavy (non-hydrogen) atoms. The molecule has 0 aromatic carbocycles. The Kier molecular flexibility index (Phi) is 11.1. The number of methoxy groups -OCH3 is 2. The third-order valence-corrected chi connectivity index (χ3v) is 1.96. The second kappa shape index (κ2) is 11.3. The second-order valence-electron chi connectivity index (χ2n) is 3.63. The van der Waals surface area contributed by atoms with Gasteiger partial charge in [-0.05, 0) is 0 Å². The van der Waals surface area contributed by atoms with Gasteiger partial charge in [-0.3, -0.25) is 0 Å². The van der Waals surface area contributed by atoms with E-state index in [4.69, 9.17) is 9.47 Å². The van der Waals surface area contributed by atoms with Crippen LogP contribution in [0.1, 0.15) is 0 Å². The first-order valence-corrected chi connectivity index (χ1v) is 5.46. The highest BCUT2D eigenvalue weighted by Crippen LogP contribution is 1.81. The van der Waals surface area contributed by atoms with E-state index < -0.39 is 12.2 Å². The first-order chi connectivity index (χ1) is 7.70. The van der Waals surface area contributed by atoms with Crippen LogP contribution < -0.4 is 10.6 Å². The van der Waals surface area contributed by atoms with Gasteiger partial charge in [0, 0.05) is 40.4 Å². The Balaban J connectivity index is 3.15. The summed E-state index contributed by atoms with van der Waals surface area (Å²) in [5.74, 6) is 0. The summed E-state index contributed by atoms with van der Waals surface area (Å²) in [6.07, 6.45) is -0.937. The minimum atomic E-state index is -0.468. The van der Waals surface area contributed by atoms with Gasteiger partial charge in [0.15, 0.2) is 0 Å². The Labute approximate surface area is 96.9 Å². The van der Waals surface area contributed by atoms with E-state index >= 15 is 0 Å². The van der Waals surface area contributed by atoms with Crippen LogP contribution in [0, 0.1) is 0 Å². The molecule has 2 unspecified atom stereocenters. The summed E-state index contributed by atoms with van der Waals surface area (Å²) < 4.78 is 9.58. The van der Waals surface area contributed by atoms with Crippen molar-refractivity contribution in [1.29, 1.82) is 0 Å². The van der Waals surface area contributed by atoms with Crippen LogP contribution in [0.3, 0.4) is 0 Å². The number of aliphatic hydroxyl groups is 2. The van der Waals surface area contributed by atoms with E-state index in [2.05, 4.69) is 10.6 Å². The summed E-state index contributed by atoms with van der Waals surface area (Å²) in [5, 5.41) is 24.7. The molecule has 2 atom stereocenters. The van der Waals surface area contributed by atoms with Gasteiger partial charge in [0.1, 0.15) is 0 Å². The van der Waals surface area contributed by atoms with E-state index in [1.165, 1.54) is 0 Å². The average molecular weight is 236 g/mol. The lowest BCUT2D eigenvalue weighted by Crippen LogP contribution is -2.37. The maximum atomic E-state index is 9.30. The zero-order valence-corrected chi connectivity index (χ0v) is 10.1. The van der Waals surface area contributed by atoms with E-state index in [1.807, 2.05) is 0 Å². The average Bonchev–Trinajstić information content (AvgIpc) is 2.24. The topological polar surface area (TPSA) is 83.0 Å². The van der Waals surface area contributed by atoms with Gasteiger partial charge >= 0.3 is 0 Å². The number of ether oxygens (including phenoxy) is 2. The number of nitrogens with one attached hydrogen (secondary N) is 2. The van der Waals surface area contributed by atoms with Gasteiger partial charge in [-0.15, -0.1) is 0 Å². The van der Waals surface area contributed by atoms with E-state index in [9.17, 15) is 10.2 Å². The van der Waals surface area contributed by atoms with Crippen molar-refractivity contribution >= 4 is 0 Å². The zero-order chi connectivity index (χ0) is 12.2. The highest BCUT2D eigenvalue weighted by Gasteiger charge is 2.03. The Hall–Kier alpha value is -0.240. The normalized spacial score (nSPS) is 15.0. The number of rotatable bonds is 11. The Morgan fingerprint density at radius 3 is 1.56 bits per heavy atom. The molecule has 0 heterocycles. The lowest BCUT2D eigenvalue weighted by atomic mass is 10.3. The van der Waals surface area contributed by atoms with E-state index in [1.54, 1.807) is 14.2 Å². The largest absolute Gasteiger partial charge is 0.389 e. The van der Waals surface area contributed by atoms with Crippen molar-refractivity contribution in [3.63, 3.8) is 0 Å². The zero-order valence-electron chi connectivity index (χ0n) is 10.1. The minimum absolute atomic E-state index is 0.340. The van der Waals surface area contributed by atoms with E-state index in [0.29, 0.717) is 26.3 Å². The summed E-state index contributed by atoms with van der Waals surface area (Å²) in [5.41, 5.74) is 0. The minimum Gasteiger partial charge on any atom is -0.389 e. The van der Waals surface area contributed by atoms with Crippen molar-refractivity contribution in [3.8, 4) is 0 Å². The molecule has 0 saturated heterocycles. The molecule has 0 fully saturated rings. The highest BCUT2D eigenvalue weighted by molar-refractivity contribution is 4.61. The molecule has 0 aliphatic rings. The summed E-state index contributed by atoms with van der Waals surface area (Å²) in [6, 6.07) is 0. The first kappa shape index (κ1) is 15.8. The van der Waals surface area contributed by atoms with Gasteiger partial charge in [-0.25, -0.2) is 0 Å². The van der Waals surface area contributed by atoms with Crippen LogP contribution in [0.5, 0.6) is 0 Å². The molecule has 0 aliphatic heterocycles. The van der Waals surface area contributed by atoms with Crippen LogP contribution in [0.15, 0.2) is 0 Å². The van der Waals surface area contributed by atoms with Gasteiger partial charge in [-0.1, -0.05) is 0 Å². The lowest BCUT2D eigenvalue weighted by molar-refractivity contribution is 0.0625. The molecule has 0 aromatic rings. The predicted molar refractivity (Wildman–Crippen MR) is 61.5 cm³/mol. The molecule has 98 valence electrons. The molecule has 0 saturated carbocycles. The number of hydrogen-bond acceptors (Lipinski definition) is 6. The van der Waals surface area contributed by atoms with Gasteiger partial charge < -0.3 is 30.3 Å². The van der Waals surface area contributed by atoms with Crippen LogP contribution in [0.25, 0.3) is 0 Å². The molecule has 0 amide bonds. The third kappa shape index (κ3) is 10.3. The van der Waals surface area contributed by atoms with Crippen LogP contribution in [0.2, 0.25) is 0 Å². The van der Waals surface area contributed by atoms with Gasteiger partial charge in [-0.2, -0.15) is 0 Å². The SMILES string of the molecule is COCC(O)CNCCNCC(O)COC. The summed E-state index contributed by atoms with van der Waals surface area (Å²) >= 11 is 0. The fourth-order valence-corrected chi connectivity index (χ4v) is 1.22. The summed E-state index contributed by atoms with van der Waals surface area (Å²) in [6.45, 7) is 3.17. The summed E-state index contributed by atoms with van der Waals surface area (Å²) in [7, 11) is 3.12. The molecule has 0 radical (unpaired) electrons. The molecule has 6 nitrogen and oxygen atoms in total. The molecule has 0 rings (SSSR count). The number of hydrogen-bond donors (Lipinski definition) is 4. The predicted octanol–water partition coefficient (Wildman–Crippen LogP) is -1.82. The van der Waals surface area contributed by atoms with Crippen molar-refractivity contribution in [1.82, 2.24) is 10.6 Å². The maximum absolute atomic E-state index is 9.30. The molecule has 0 spiro atoms. The molecule has 0 aromatic heterocycles. The van der Waals surface area contributed by atoms with Crippen molar-refractivity contribution in [2.75, 3.05) is 53.6 Å². The van der Waals surface area contributed by atoms with Crippen LogP contribution in [-0.4, -0.2) is 76.0 Å². The van der Waals surface area contributed by atoms with E-state index in [-0.39, 0.29) is 0 Å². The van der Waals surface area contributed by atoms with Crippen molar-refractivity contribution < 1.29 is 19.7 Å². The Bertz CT molecular complexity index is 133. The molecular weight excluding hydrogens is 212 g/mol. The van der Waals surface area contributed by atoms with Crippen molar-refractivity contribution in [3.05, 3.63) is 0 Å².